The lowest BCUT2D eigenvalue weighted by molar-refractivity contribution is -0.121. The van der Waals surface area contributed by atoms with Crippen LogP contribution >= 0.6 is 0 Å². The van der Waals surface area contributed by atoms with Gasteiger partial charge in [-0.2, -0.15) is 0 Å². The van der Waals surface area contributed by atoms with Crippen LogP contribution in [0.25, 0.3) is 22.1 Å². The average Bonchev–Trinajstić information content (AvgIpc) is 3.25. The SMILES string of the molecule is O=C(Cn1cnc2c(oc3ccccc32)c1=O)NCCC1CCCO1. The lowest BCUT2D eigenvalue weighted by atomic mass is 10.2. The van der Waals surface area contributed by atoms with E-state index in [2.05, 4.69) is 10.3 Å². The second-order valence-corrected chi connectivity index (χ2v) is 6.23. The second kappa shape index (κ2) is 6.68. The smallest absolute Gasteiger partial charge is 0.297 e. The molecule has 130 valence electrons. The maximum Gasteiger partial charge on any atom is 0.297 e. The van der Waals surface area contributed by atoms with Gasteiger partial charge in [0.25, 0.3) is 5.56 Å². The number of benzene rings is 1. The summed E-state index contributed by atoms with van der Waals surface area (Å²) >= 11 is 0. The van der Waals surface area contributed by atoms with Gasteiger partial charge in [0, 0.05) is 18.5 Å². The number of carbonyl (C=O) groups excluding carboxylic acids is 1. The fourth-order valence-electron chi connectivity index (χ4n) is 3.18. The number of fused-ring (bicyclic) bond motifs is 3. The van der Waals surface area contributed by atoms with Crippen LogP contribution in [0, 0.1) is 0 Å². The molecule has 0 bridgehead atoms. The van der Waals surface area contributed by atoms with E-state index in [0.29, 0.717) is 17.6 Å². The number of hydrogen-bond acceptors (Lipinski definition) is 5. The van der Waals surface area contributed by atoms with Crippen molar-refractivity contribution in [3.63, 3.8) is 0 Å². The van der Waals surface area contributed by atoms with Crippen molar-refractivity contribution in [3.05, 3.63) is 40.9 Å². The van der Waals surface area contributed by atoms with Gasteiger partial charge in [-0.15, -0.1) is 0 Å². The van der Waals surface area contributed by atoms with E-state index in [1.807, 2.05) is 18.2 Å². The summed E-state index contributed by atoms with van der Waals surface area (Å²) in [6.07, 6.45) is 4.55. The average molecular weight is 341 g/mol. The maximum atomic E-state index is 12.5. The Morgan fingerprint density at radius 2 is 2.24 bits per heavy atom. The molecule has 2 aromatic heterocycles. The fraction of sp³-hybridized carbons (Fsp3) is 0.389. The highest BCUT2D eigenvalue weighted by Crippen LogP contribution is 2.23. The van der Waals surface area contributed by atoms with Gasteiger partial charge in [0.05, 0.1) is 12.4 Å². The lowest BCUT2D eigenvalue weighted by Crippen LogP contribution is -2.33. The Kier molecular flexibility index (Phi) is 4.23. The zero-order valence-corrected chi connectivity index (χ0v) is 13.7. The number of ether oxygens (including phenoxy) is 1. The van der Waals surface area contributed by atoms with Gasteiger partial charge < -0.3 is 14.5 Å². The third kappa shape index (κ3) is 3.15. The van der Waals surface area contributed by atoms with Crippen molar-refractivity contribution in [1.29, 1.82) is 0 Å². The fourth-order valence-corrected chi connectivity index (χ4v) is 3.18. The summed E-state index contributed by atoms with van der Waals surface area (Å²) in [7, 11) is 0. The summed E-state index contributed by atoms with van der Waals surface area (Å²) in [5.74, 6) is -0.225. The summed E-state index contributed by atoms with van der Waals surface area (Å²) in [5.41, 5.74) is 0.961. The number of para-hydroxylation sites is 1. The molecule has 7 nitrogen and oxygen atoms in total. The number of nitrogens with zero attached hydrogens (tertiary/aromatic N) is 2. The number of rotatable bonds is 5. The second-order valence-electron chi connectivity index (χ2n) is 6.23. The van der Waals surface area contributed by atoms with Crippen LogP contribution in [0.1, 0.15) is 19.3 Å². The molecule has 1 aromatic carbocycles. The molecule has 0 aliphatic carbocycles. The van der Waals surface area contributed by atoms with E-state index in [1.165, 1.54) is 10.9 Å². The van der Waals surface area contributed by atoms with Crippen LogP contribution in [0.3, 0.4) is 0 Å². The van der Waals surface area contributed by atoms with Crippen molar-refractivity contribution in [2.24, 2.45) is 0 Å². The van der Waals surface area contributed by atoms with Gasteiger partial charge in [-0.05, 0) is 31.4 Å². The quantitative estimate of drug-likeness (QED) is 0.765. The van der Waals surface area contributed by atoms with Crippen LogP contribution in [-0.2, 0) is 16.1 Å². The molecule has 4 rings (SSSR count). The summed E-state index contributed by atoms with van der Waals surface area (Å²) in [4.78, 5) is 28.9. The standard InChI is InChI=1S/C18H19N3O4/c22-15(19-8-7-12-4-3-9-24-12)10-21-11-20-16-13-5-1-2-6-14(13)25-17(16)18(21)23/h1-2,5-6,11-12H,3-4,7-10H2,(H,19,22). The first-order chi connectivity index (χ1) is 12.2. The zero-order chi connectivity index (χ0) is 17.2. The van der Waals surface area contributed by atoms with Gasteiger partial charge in [-0.1, -0.05) is 12.1 Å². The molecule has 1 atom stereocenters. The van der Waals surface area contributed by atoms with Crippen molar-refractivity contribution in [2.75, 3.05) is 13.2 Å². The van der Waals surface area contributed by atoms with Crippen LogP contribution in [0.5, 0.6) is 0 Å². The van der Waals surface area contributed by atoms with Gasteiger partial charge in [-0.3, -0.25) is 14.2 Å². The Morgan fingerprint density at radius 1 is 1.36 bits per heavy atom. The predicted octanol–water partition coefficient (Wildman–Crippen LogP) is 1.83. The van der Waals surface area contributed by atoms with E-state index in [1.54, 1.807) is 6.07 Å². The molecule has 25 heavy (non-hydrogen) atoms. The Bertz CT molecular complexity index is 969. The number of hydrogen-bond donors (Lipinski definition) is 1. The molecular formula is C18H19N3O4. The minimum Gasteiger partial charge on any atom is -0.448 e. The van der Waals surface area contributed by atoms with Crippen molar-refractivity contribution in [3.8, 4) is 0 Å². The topological polar surface area (TPSA) is 86.4 Å². The Balaban J connectivity index is 1.47. The summed E-state index contributed by atoms with van der Waals surface area (Å²) < 4.78 is 12.4. The Hall–Kier alpha value is -2.67. The van der Waals surface area contributed by atoms with Gasteiger partial charge in [0.1, 0.15) is 17.6 Å². The summed E-state index contributed by atoms with van der Waals surface area (Å²) in [6.45, 7) is 1.26. The molecule has 1 N–H and O–H groups in total. The minimum absolute atomic E-state index is 0.0790. The molecule has 1 aliphatic heterocycles. The Labute approximate surface area is 143 Å². The highest BCUT2D eigenvalue weighted by atomic mass is 16.5. The van der Waals surface area contributed by atoms with E-state index in [9.17, 15) is 9.59 Å². The third-order valence-electron chi connectivity index (χ3n) is 4.48. The normalized spacial score (nSPS) is 17.4. The van der Waals surface area contributed by atoms with Gasteiger partial charge >= 0.3 is 0 Å². The van der Waals surface area contributed by atoms with E-state index in [0.717, 1.165) is 31.3 Å². The van der Waals surface area contributed by atoms with Crippen molar-refractivity contribution < 1.29 is 13.9 Å². The van der Waals surface area contributed by atoms with E-state index in [-0.39, 0.29) is 29.7 Å². The highest BCUT2D eigenvalue weighted by molar-refractivity contribution is 6.01. The van der Waals surface area contributed by atoms with Crippen LogP contribution in [-0.4, -0.2) is 34.7 Å². The first-order valence-corrected chi connectivity index (χ1v) is 8.47. The predicted molar refractivity (Wildman–Crippen MR) is 92.4 cm³/mol. The van der Waals surface area contributed by atoms with Crippen LogP contribution < -0.4 is 10.9 Å². The first-order valence-electron chi connectivity index (χ1n) is 8.47. The van der Waals surface area contributed by atoms with Gasteiger partial charge in [0.2, 0.25) is 11.5 Å². The molecule has 3 aromatic rings. The molecule has 0 saturated carbocycles. The number of amides is 1. The molecule has 0 radical (unpaired) electrons. The molecule has 3 heterocycles. The highest BCUT2D eigenvalue weighted by Gasteiger charge is 2.16. The largest absolute Gasteiger partial charge is 0.448 e. The number of nitrogens with one attached hydrogen (secondary N) is 1. The third-order valence-corrected chi connectivity index (χ3v) is 4.48. The van der Waals surface area contributed by atoms with E-state index in [4.69, 9.17) is 9.15 Å². The number of aromatic nitrogens is 2. The van der Waals surface area contributed by atoms with Crippen molar-refractivity contribution in [1.82, 2.24) is 14.9 Å². The van der Waals surface area contributed by atoms with Crippen molar-refractivity contribution in [2.45, 2.75) is 31.9 Å². The summed E-state index contributed by atoms with van der Waals surface area (Å²) in [5, 5.41) is 3.62. The number of carbonyl (C=O) groups is 1. The lowest BCUT2D eigenvalue weighted by Gasteiger charge is -2.10. The van der Waals surface area contributed by atoms with Gasteiger partial charge in [-0.25, -0.2) is 4.98 Å². The van der Waals surface area contributed by atoms with Crippen LogP contribution in [0.4, 0.5) is 0 Å². The molecule has 1 saturated heterocycles. The van der Waals surface area contributed by atoms with Gasteiger partial charge in [0.15, 0.2) is 0 Å². The monoisotopic (exact) mass is 341 g/mol. The molecule has 1 aliphatic rings. The zero-order valence-electron chi connectivity index (χ0n) is 13.7. The summed E-state index contributed by atoms with van der Waals surface area (Å²) in [6, 6.07) is 7.35. The molecular weight excluding hydrogens is 322 g/mol. The molecule has 1 unspecified atom stereocenters. The van der Waals surface area contributed by atoms with Crippen LogP contribution in [0.15, 0.2) is 39.8 Å². The Morgan fingerprint density at radius 3 is 3.08 bits per heavy atom. The molecule has 7 heteroatoms. The van der Waals surface area contributed by atoms with E-state index < -0.39 is 0 Å². The number of furan rings is 1. The van der Waals surface area contributed by atoms with Crippen molar-refractivity contribution >= 4 is 28.0 Å². The van der Waals surface area contributed by atoms with E-state index >= 15 is 0 Å². The molecule has 1 amide bonds. The maximum absolute atomic E-state index is 12.5. The first kappa shape index (κ1) is 15.8. The van der Waals surface area contributed by atoms with Crippen LogP contribution in [0.2, 0.25) is 0 Å². The molecule has 1 fully saturated rings. The minimum atomic E-state index is -0.351. The molecule has 0 spiro atoms.